The molecule has 80 heavy (non-hydrogen) atoms. The maximum Gasteiger partial charge on any atom is 0.410 e. The molecule has 1 aliphatic carbocycles. The summed E-state index contributed by atoms with van der Waals surface area (Å²) in [6.45, 7) is 9.78. The zero-order valence-electron chi connectivity index (χ0n) is 45.9. The van der Waals surface area contributed by atoms with E-state index in [-0.39, 0.29) is 93.2 Å². The van der Waals surface area contributed by atoms with E-state index < -0.39 is 41.4 Å². The molecule has 0 saturated heterocycles. The van der Waals surface area contributed by atoms with Gasteiger partial charge in [-0.25, -0.2) is 19.6 Å². The molecule has 3 aromatic rings. The van der Waals surface area contributed by atoms with E-state index in [1.54, 1.807) is 55.3 Å². The highest BCUT2D eigenvalue weighted by Crippen LogP contribution is 2.49. The maximum atomic E-state index is 14.0. The van der Waals surface area contributed by atoms with Crippen LogP contribution in [0.5, 0.6) is 0 Å². The number of amidine groups is 1. The van der Waals surface area contributed by atoms with Crippen molar-refractivity contribution in [3.8, 4) is 0 Å². The lowest BCUT2D eigenvalue weighted by Crippen LogP contribution is -2.54. The second kappa shape index (κ2) is 27.4. The smallest absolute Gasteiger partial charge is 0.410 e. The van der Waals surface area contributed by atoms with Gasteiger partial charge in [0.05, 0.1) is 29.5 Å². The number of fused-ring (bicyclic) bond motifs is 2. The Morgan fingerprint density at radius 2 is 1.59 bits per heavy atom. The van der Waals surface area contributed by atoms with Gasteiger partial charge in [-0.2, -0.15) is 0 Å². The molecular weight excluding hydrogens is 1030 g/mol. The molecule has 1 aromatic carbocycles. The van der Waals surface area contributed by atoms with Crippen molar-refractivity contribution < 1.29 is 47.9 Å². The number of nitrogens with zero attached hydrogens (tertiary/aromatic N) is 6. The number of primary amides is 1. The van der Waals surface area contributed by atoms with Crippen LogP contribution in [0.15, 0.2) is 71.4 Å². The number of pyridine rings is 2. The summed E-state index contributed by atoms with van der Waals surface area (Å²) in [6.07, 6.45) is 10.9. The minimum Gasteiger partial charge on any atom is -0.445 e. The van der Waals surface area contributed by atoms with Gasteiger partial charge in [0.1, 0.15) is 24.5 Å². The van der Waals surface area contributed by atoms with Gasteiger partial charge in [0.2, 0.25) is 29.5 Å². The quantitative estimate of drug-likeness (QED) is 0.0422. The number of aliphatic imine (C=N–C) groups is 1. The largest absolute Gasteiger partial charge is 0.445 e. The van der Waals surface area contributed by atoms with E-state index in [0.29, 0.717) is 97.7 Å². The van der Waals surface area contributed by atoms with E-state index in [4.69, 9.17) is 21.2 Å². The first-order valence-electron chi connectivity index (χ1n) is 27.5. The van der Waals surface area contributed by atoms with Crippen molar-refractivity contribution in [3.05, 3.63) is 94.5 Å². The topological polar surface area (TPSA) is 323 Å². The maximum absolute atomic E-state index is 14.0. The number of nitrogens with one attached hydrogen (secondary N) is 5. The van der Waals surface area contributed by atoms with Crippen LogP contribution in [0.4, 0.5) is 26.8 Å². The number of rotatable bonds is 26. The third-order valence-corrected chi connectivity index (χ3v) is 14.3. The summed E-state index contributed by atoms with van der Waals surface area (Å²) in [7, 11) is 0. The van der Waals surface area contributed by atoms with Crippen LogP contribution in [0.25, 0.3) is 6.08 Å². The zero-order valence-corrected chi connectivity index (χ0v) is 45.9. The molecule has 9 N–H and O–H groups in total. The van der Waals surface area contributed by atoms with Crippen LogP contribution < -0.4 is 38.1 Å². The summed E-state index contributed by atoms with van der Waals surface area (Å²) < 4.78 is 5.70. The molecule has 0 bridgehead atoms. The van der Waals surface area contributed by atoms with Crippen molar-refractivity contribution in [1.82, 2.24) is 40.6 Å². The van der Waals surface area contributed by atoms with Crippen molar-refractivity contribution in [3.63, 3.8) is 0 Å². The Balaban J connectivity index is 0.895. The van der Waals surface area contributed by atoms with Crippen LogP contribution in [0.1, 0.15) is 126 Å². The second-order valence-electron chi connectivity index (χ2n) is 20.9. The summed E-state index contributed by atoms with van der Waals surface area (Å²) in [5.74, 6) is -2.24. The Kier molecular flexibility index (Phi) is 20.3. The van der Waals surface area contributed by atoms with Crippen molar-refractivity contribution in [2.24, 2.45) is 22.4 Å². The van der Waals surface area contributed by atoms with Crippen LogP contribution in [-0.4, -0.2) is 129 Å². The third-order valence-electron chi connectivity index (χ3n) is 14.3. The Labute approximate surface area is 465 Å². The fourth-order valence-electron chi connectivity index (χ4n) is 9.72. The average Bonchev–Trinajstić information content (AvgIpc) is 4.21. The summed E-state index contributed by atoms with van der Waals surface area (Å²) in [5.41, 5.74) is 15.5. The van der Waals surface area contributed by atoms with Crippen molar-refractivity contribution in [2.45, 2.75) is 135 Å². The lowest BCUT2D eigenvalue weighted by atomic mass is 9.98. The van der Waals surface area contributed by atoms with Crippen molar-refractivity contribution in [2.75, 3.05) is 43.4 Å². The highest BCUT2D eigenvalue weighted by atomic mass is 16.6. The molecule has 23 nitrogen and oxygen atoms in total. The van der Waals surface area contributed by atoms with Crippen molar-refractivity contribution >= 4 is 82.6 Å². The fourth-order valence-corrected chi connectivity index (χ4v) is 9.72. The molecule has 3 aliphatic heterocycles. The molecule has 0 unspecified atom stereocenters. The van der Waals surface area contributed by atoms with E-state index >= 15 is 0 Å². The molecule has 0 spiro atoms. The second-order valence-corrected chi connectivity index (χ2v) is 20.9. The number of hydrogen-bond donors (Lipinski definition) is 7. The van der Waals surface area contributed by atoms with Gasteiger partial charge in [0, 0.05) is 86.7 Å². The Morgan fingerprint density at radius 3 is 2.26 bits per heavy atom. The summed E-state index contributed by atoms with van der Waals surface area (Å²) in [6, 6.07) is 9.33. The fraction of sp³-hybridized carbons (Fsp3) is 0.474. The molecule has 5 heterocycles. The van der Waals surface area contributed by atoms with Gasteiger partial charge in [-0.1, -0.05) is 46.2 Å². The average molecular weight is 1100 g/mol. The van der Waals surface area contributed by atoms with Crippen LogP contribution >= 0.6 is 0 Å². The molecule has 2 aromatic heterocycles. The van der Waals surface area contributed by atoms with Crippen LogP contribution in [0, 0.1) is 5.92 Å². The Morgan fingerprint density at radius 1 is 0.863 bits per heavy atom. The number of urea groups is 1. The summed E-state index contributed by atoms with van der Waals surface area (Å²) in [4.78, 5) is 135. The van der Waals surface area contributed by atoms with E-state index in [2.05, 4.69) is 36.6 Å². The molecule has 7 rings (SSSR count). The minimum atomic E-state index is -1.06. The molecule has 1 saturated carbocycles. The van der Waals surface area contributed by atoms with Gasteiger partial charge in [-0.3, -0.25) is 43.4 Å². The molecule has 1 fully saturated rings. The summed E-state index contributed by atoms with van der Waals surface area (Å²) in [5, 5.41) is 13.9. The number of carbonyl (C=O) groups excluding carboxylic acids is 9. The monoisotopic (exact) mass is 1100 g/mol. The Hall–Kier alpha value is -8.50. The van der Waals surface area contributed by atoms with E-state index in [1.165, 1.54) is 12.2 Å². The van der Waals surface area contributed by atoms with Gasteiger partial charge < -0.3 is 52.6 Å². The number of benzene rings is 1. The normalized spacial score (nSPS) is 15.8. The highest BCUT2D eigenvalue weighted by molar-refractivity contribution is 6.13. The van der Waals surface area contributed by atoms with E-state index in [9.17, 15) is 43.2 Å². The minimum absolute atomic E-state index is 0.0697. The predicted molar refractivity (Wildman–Crippen MR) is 298 cm³/mol. The number of amides is 10. The number of hydrogen-bond acceptors (Lipinski definition) is 14. The lowest BCUT2D eigenvalue weighted by Gasteiger charge is -2.28. The standard InChI is InChI=1S/C57H73N13O10/c1-5-25-68(26-6-2)53(76)38-29-37-15-18-44(65-50(37)66-45(58)31-38)57(22-23-57)54(77)63-41-30-39-33-69(28-21-42(39)61-32-41)56(79)80-34-36-13-16-40(17-14-36)62-51(74)43(11-10-24-60-55(59)78)64-52(75)49(35(3)4)67-46(71)12-8-7-9-27-70-47(72)19-20-48(70)73/h13-20,29-30,32,35,43,49H,5-12,21-28,31,33-34H2,1-4H3,(H,62,74)(H,63,77)(H,64,75)(H,67,71)(H2,58,65,66)(H3,59,60,78)/t43-,49-/m0/s1. The first-order chi connectivity index (χ1) is 38.4. The number of aromatic nitrogens is 2. The molecular formula is C57H73N13O10. The number of imide groups is 1. The van der Waals surface area contributed by atoms with E-state index in [0.717, 1.165) is 29.0 Å². The SMILES string of the molecule is CCCN(CCC)C(=O)C1=Cc2ccc(C3(C(=O)Nc4cnc5c(c4)CN(C(=O)OCc4ccc(NC(=O)[C@H](CCCNC(N)=O)NC(=O)[C@@H](NC(=O)CCCCCN6C(=O)C=CC6=O)C(C)C)cc4)CC5)CC3)nc2N=C(N)C1. The van der Waals surface area contributed by atoms with Gasteiger partial charge in [0.15, 0.2) is 5.82 Å². The first kappa shape index (κ1) is 59.2. The Bertz CT molecular complexity index is 2910. The molecule has 23 heteroatoms. The number of ether oxygens (including phenoxy) is 1. The van der Waals surface area contributed by atoms with E-state index in [1.807, 2.05) is 36.9 Å². The first-order valence-corrected chi connectivity index (χ1v) is 27.5. The molecule has 2 atom stereocenters. The number of unbranched alkanes of at least 4 members (excludes halogenated alkanes) is 2. The van der Waals surface area contributed by atoms with Crippen molar-refractivity contribution in [1.29, 1.82) is 0 Å². The molecule has 0 radical (unpaired) electrons. The van der Waals surface area contributed by atoms with Gasteiger partial charge in [0.25, 0.3) is 11.8 Å². The van der Waals surface area contributed by atoms with Crippen LogP contribution in [-0.2, 0) is 63.3 Å². The zero-order chi connectivity index (χ0) is 57.5. The third kappa shape index (κ3) is 15.6. The summed E-state index contributed by atoms with van der Waals surface area (Å²) >= 11 is 0. The van der Waals surface area contributed by atoms with Gasteiger partial charge >= 0.3 is 12.1 Å². The molecule has 10 amide bonds. The molecule has 426 valence electrons. The number of nitrogens with two attached hydrogens (primary N) is 2. The lowest BCUT2D eigenvalue weighted by molar-refractivity contribution is -0.137. The van der Waals surface area contributed by atoms with Gasteiger partial charge in [-0.05, 0) is 105 Å². The molecule has 4 aliphatic rings. The van der Waals surface area contributed by atoms with Gasteiger partial charge in [-0.15, -0.1) is 0 Å². The number of anilines is 2. The predicted octanol–water partition coefficient (Wildman–Crippen LogP) is 4.76. The highest BCUT2D eigenvalue weighted by Gasteiger charge is 2.53. The van der Waals surface area contributed by atoms with Crippen LogP contribution in [0.3, 0.4) is 0 Å². The van der Waals surface area contributed by atoms with Crippen LogP contribution in [0.2, 0.25) is 0 Å². The number of carbonyl (C=O) groups is 9.